The molecule has 5 nitrogen and oxygen atoms in total. The predicted octanol–water partition coefficient (Wildman–Crippen LogP) is 1.01. The van der Waals surface area contributed by atoms with Gasteiger partial charge in [-0.15, -0.1) is 0 Å². The van der Waals surface area contributed by atoms with Gasteiger partial charge in [-0.2, -0.15) is 0 Å². The summed E-state index contributed by atoms with van der Waals surface area (Å²) < 4.78 is 0. The van der Waals surface area contributed by atoms with Crippen LogP contribution in [0.15, 0.2) is 11.6 Å². The number of likely N-dealkylation sites (tertiary alicyclic amines) is 1. The molecule has 1 saturated heterocycles. The second-order valence-electron chi connectivity index (χ2n) is 4.70. The molecule has 0 aliphatic carbocycles. The van der Waals surface area contributed by atoms with Gasteiger partial charge in [-0.25, -0.2) is 4.79 Å². The molecule has 102 valence electrons. The summed E-state index contributed by atoms with van der Waals surface area (Å²) in [5, 5.41) is 11.6. The van der Waals surface area contributed by atoms with Crippen molar-refractivity contribution in [3.8, 4) is 0 Å². The topological polar surface area (TPSA) is 69.6 Å². The molecule has 0 aromatic heterocycles. The highest BCUT2D eigenvalue weighted by Gasteiger charge is 2.15. The van der Waals surface area contributed by atoms with Crippen LogP contribution in [0.25, 0.3) is 0 Å². The molecule has 1 heterocycles. The van der Waals surface area contributed by atoms with E-state index in [9.17, 15) is 9.59 Å². The van der Waals surface area contributed by atoms with E-state index in [4.69, 9.17) is 5.11 Å². The minimum atomic E-state index is -0.932. The molecule has 0 atom stereocenters. The number of rotatable bonds is 6. The minimum Gasteiger partial charge on any atom is -0.478 e. The molecule has 1 aliphatic heterocycles. The van der Waals surface area contributed by atoms with Gasteiger partial charge in [0, 0.05) is 38.7 Å². The van der Waals surface area contributed by atoms with Gasteiger partial charge < -0.3 is 15.3 Å². The Balaban J connectivity index is 2.13. The number of amides is 1. The van der Waals surface area contributed by atoms with Crippen molar-refractivity contribution in [1.29, 1.82) is 0 Å². The summed E-state index contributed by atoms with van der Waals surface area (Å²) in [5.41, 5.74) is 0.757. The van der Waals surface area contributed by atoms with Crippen molar-refractivity contribution in [2.75, 3.05) is 26.2 Å². The SMILES string of the molecule is CC(=CC(=O)O)CNCCC(=O)N1CCCCC1. The molecule has 0 unspecified atom stereocenters. The van der Waals surface area contributed by atoms with Crippen molar-refractivity contribution < 1.29 is 14.7 Å². The fraction of sp³-hybridized carbons (Fsp3) is 0.692. The Morgan fingerprint density at radius 2 is 1.94 bits per heavy atom. The molecule has 0 aromatic carbocycles. The first-order valence-corrected chi connectivity index (χ1v) is 6.48. The first-order chi connectivity index (χ1) is 8.59. The number of carbonyl (C=O) groups is 2. The third kappa shape index (κ3) is 5.82. The van der Waals surface area contributed by atoms with Crippen LogP contribution in [0.3, 0.4) is 0 Å². The average Bonchev–Trinajstić information content (AvgIpc) is 2.34. The average molecular weight is 254 g/mol. The van der Waals surface area contributed by atoms with Gasteiger partial charge in [-0.05, 0) is 26.2 Å². The lowest BCUT2D eigenvalue weighted by molar-refractivity contribution is -0.132. The van der Waals surface area contributed by atoms with Crippen molar-refractivity contribution in [3.63, 3.8) is 0 Å². The van der Waals surface area contributed by atoms with Crippen molar-refractivity contribution in [2.24, 2.45) is 0 Å². The van der Waals surface area contributed by atoms with Crippen LogP contribution in [-0.4, -0.2) is 48.1 Å². The molecule has 0 bridgehead atoms. The summed E-state index contributed by atoms with van der Waals surface area (Å²) in [5.74, 6) is -0.735. The number of nitrogens with one attached hydrogen (secondary N) is 1. The summed E-state index contributed by atoms with van der Waals surface area (Å²) >= 11 is 0. The largest absolute Gasteiger partial charge is 0.478 e. The zero-order valence-corrected chi connectivity index (χ0v) is 10.9. The number of hydrogen-bond acceptors (Lipinski definition) is 3. The standard InChI is InChI=1S/C13H22N2O3/c1-11(9-13(17)18)10-14-6-5-12(16)15-7-3-2-4-8-15/h9,14H,2-8,10H2,1H3,(H,17,18). The molecule has 1 aliphatic rings. The highest BCUT2D eigenvalue weighted by Crippen LogP contribution is 2.09. The lowest BCUT2D eigenvalue weighted by Crippen LogP contribution is -2.37. The summed E-state index contributed by atoms with van der Waals surface area (Å²) in [6.45, 7) is 4.64. The van der Waals surface area contributed by atoms with E-state index in [-0.39, 0.29) is 5.91 Å². The first kappa shape index (κ1) is 14.7. The van der Waals surface area contributed by atoms with Crippen molar-refractivity contribution in [3.05, 3.63) is 11.6 Å². The molecule has 1 rings (SSSR count). The molecule has 1 fully saturated rings. The van der Waals surface area contributed by atoms with Gasteiger partial charge in [0.2, 0.25) is 5.91 Å². The maximum atomic E-state index is 11.8. The van der Waals surface area contributed by atoms with Crippen LogP contribution in [0.5, 0.6) is 0 Å². The van der Waals surface area contributed by atoms with Crippen LogP contribution in [0.4, 0.5) is 0 Å². The maximum Gasteiger partial charge on any atom is 0.328 e. The van der Waals surface area contributed by atoms with E-state index in [0.717, 1.165) is 31.5 Å². The molecule has 1 amide bonds. The number of aliphatic carboxylic acids is 1. The van der Waals surface area contributed by atoms with E-state index in [0.29, 0.717) is 19.5 Å². The maximum absolute atomic E-state index is 11.8. The number of carboxylic acid groups (broad SMARTS) is 1. The fourth-order valence-corrected chi connectivity index (χ4v) is 2.04. The number of nitrogens with zero attached hydrogens (tertiary/aromatic N) is 1. The van der Waals surface area contributed by atoms with Crippen LogP contribution in [0.1, 0.15) is 32.6 Å². The van der Waals surface area contributed by atoms with Crippen LogP contribution in [0, 0.1) is 0 Å². The van der Waals surface area contributed by atoms with E-state index in [1.807, 2.05) is 4.90 Å². The smallest absolute Gasteiger partial charge is 0.328 e. The van der Waals surface area contributed by atoms with Gasteiger partial charge in [-0.3, -0.25) is 4.79 Å². The number of piperidine rings is 1. The summed E-state index contributed by atoms with van der Waals surface area (Å²) in [6.07, 6.45) is 5.11. The zero-order chi connectivity index (χ0) is 13.4. The van der Waals surface area contributed by atoms with Gasteiger partial charge in [0.05, 0.1) is 0 Å². The second kappa shape index (κ2) is 7.87. The highest BCUT2D eigenvalue weighted by atomic mass is 16.4. The normalized spacial score (nSPS) is 16.7. The van der Waals surface area contributed by atoms with E-state index >= 15 is 0 Å². The van der Waals surface area contributed by atoms with E-state index < -0.39 is 5.97 Å². The lowest BCUT2D eigenvalue weighted by Gasteiger charge is -2.26. The monoisotopic (exact) mass is 254 g/mol. The van der Waals surface area contributed by atoms with Crippen LogP contribution < -0.4 is 5.32 Å². The highest BCUT2D eigenvalue weighted by molar-refractivity contribution is 5.80. The quantitative estimate of drug-likeness (QED) is 0.548. The Morgan fingerprint density at radius 1 is 1.28 bits per heavy atom. The van der Waals surface area contributed by atoms with Crippen molar-refractivity contribution in [2.45, 2.75) is 32.6 Å². The Kier molecular flexibility index (Phi) is 6.43. The Bertz CT molecular complexity index is 320. The molecule has 0 saturated carbocycles. The third-order valence-electron chi connectivity index (χ3n) is 3.00. The fourth-order valence-electron chi connectivity index (χ4n) is 2.04. The molecule has 18 heavy (non-hydrogen) atoms. The molecular weight excluding hydrogens is 232 g/mol. The number of carbonyl (C=O) groups excluding carboxylic acids is 1. The first-order valence-electron chi connectivity index (χ1n) is 6.48. The second-order valence-corrected chi connectivity index (χ2v) is 4.70. The van der Waals surface area contributed by atoms with Gasteiger partial charge in [0.25, 0.3) is 0 Å². The molecule has 0 aromatic rings. The van der Waals surface area contributed by atoms with E-state index in [1.165, 1.54) is 12.5 Å². The van der Waals surface area contributed by atoms with Crippen molar-refractivity contribution >= 4 is 11.9 Å². The number of hydrogen-bond donors (Lipinski definition) is 2. The van der Waals surface area contributed by atoms with Gasteiger partial charge >= 0.3 is 5.97 Å². The van der Waals surface area contributed by atoms with E-state index in [2.05, 4.69) is 5.32 Å². The van der Waals surface area contributed by atoms with Crippen LogP contribution in [0.2, 0.25) is 0 Å². The van der Waals surface area contributed by atoms with Crippen molar-refractivity contribution in [1.82, 2.24) is 10.2 Å². The van der Waals surface area contributed by atoms with Gasteiger partial charge in [0.15, 0.2) is 0 Å². The Morgan fingerprint density at radius 3 is 2.56 bits per heavy atom. The minimum absolute atomic E-state index is 0.196. The van der Waals surface area contributed by atoms with E-state index in [1.54, 1.807) is 6.92 Å². The van der Waals surface area contributed by atoms with Crippen LogP contribution >= 0.6 is 0 Å². The van der Waals surface area contributed by atoms with Gasteiger partial charge in [0.1, 0.15) is 0 Å². The lowest BCUT2D eigenvalue weighted by atomic mass is 10.1. The van der Waals surface area contributed by atoms with Gasteiger partial charge in [-0.1, -0.05) is 5.57 Å². The molecule has 5 heteroatoms. The zero-order valence-electron chi connectivity index (χ0n) is 10.9. The predicted molar refractivity (Wildman–Crippen MR) is 69.3 cm³/mol. The summed E-state index contributed by atoms with van der Waals surface area (Å²) in [7, 11) is 0. The Hall–Kier alpha value is -1.36. The molecule has 0 radical (unpaired) electrons. The summed E-state index contributed by atoms with van der Waals surface area (Å²) in [6, 6.07) is 0. The number of carboxylic acids is 1. The Labute approximate surface area is 108 Å². The molecular formula is C13H22N2O3. The summed E-state index contributed by atoms with van der Waals surface area (Å²) in [4.78, 5) is 24.1. The molecule has 2 N–H and O–H groups in total. The third-order valence-corrected chi connectivity index (χ3v) is 3.00. The molecule has 0 spiro atoms. The van der Waals surface area contributed by atoms with Crippen LogP contribution in [-0.2, 0) is 9.59 Å².